The number of thiazole rings is 1. The molecule has 2 aromatic heterocycles. The molecule has 0 bridgehead atoms. The Morgan fingerprint density at radius 3 is 3.00 bits per heavy atom. The molecule has 5 nitrogen and oxygen atoms in total. The SMILES string of the molecule is CCc1nn(C)c(Nc2ccc3ncsc3c2)c1N. The van der Waals surface area contributed by atoms with E-state index in [1.54, 1.807) is 16.0 Å². The van der Waals surface area contributed by atoms with Crippen LogP contribution in [0.3, 0.4) is 0 Å². The number of fused-ring (bicyclic) bond motifs is 1. The zero-order valence-electron chi connectivity index (χ0n) is 10.8. The van der Waals surface area contributed by atoms with Crippen LogP contribution < -0.4 is 11.1 Å². The maximum Gasteiger partial charge on any atom is 0.152 e. The van der Waals surface area contributed by atoms with Crippen molar-refractivity contribution >= 4 is 38.7 Å². The van der Waals surface area contributed by atoms with Crippen molar-refractivity contribution in [2.75, 3.05) is 11.1 Å². The Morgan fingerprint density at radius 1 is 1.42 bits per heavy atom. The molecule has 0 atom stereocenters. The third kappa shape index (κ3) is 2.04. The summed E-state index contributed by atoms with van der Waals surface area (Å²) in [6.07, 6.45) is 0.829. The lowest BCUT2D eigenvalue weighted by molar-refractivity contribution is 0.753. The van der Waals surface area contributed by atoms with E-state index in [4.69, 9.17) is 5.73 Å². The average Bonchev–Trinajstić information content (AvgIpc) is 2.97. The first-order valence-electron chi connectivity index (χ1n) is 6.10. The Morgan fingerprint density at radius 2 is 2.26 bits per heavy atom. The van der Waals surface area contributed by atoms with Gasteiger partial charge in [-0.15, -0.1) is 11.3 Å². The highest BCUT2D eigenvalue weighted by atomic mass is 32.1. The fourth-order valence-corrected chi connectivity index (χ4v) is 2.79. The molecule has 1 aromatic carbocycles. The minimum absolute atomic E-state index is 0.717. The highest BCUT2D eigenvalue weighted by Crippen LogP contribution is 2.28. The van der Waals surface area contributed by atoms with Crippen LogP contribution in [0.15, 0.2) is 23.7 Å². The van der Waals surface area contributed by atoms with Gasteiger partial charge in [-0.2, -0.15) is 5.10 Å². The van der Waals surface area contributed by atoms with Gasteiger partial charge in [-0.1, -0.05) is 6.92 Å². The van der Waals surface area contributed by atoms with E-state index in [9.17, 15) is 0 Å². The van der Waals surface area contributed by atoms with Crippen molar-refractivity contribution in [2.24, 2.45) is 7.05 Å². The van der Waals surface area contributed by atoms with Crippen molar-refractivity contribution in [3.8, 4) is 0 Å². The number of nitrogens with zero attached hydrogens (tertiary/aromatic N) is 3. The van der Waals surface area contributed by atoms with Gasteiger partial charge in [0.25, 0.3) is 0 Å². The van der Waals surface area contributed by atoms with Crippen LogP contribution in [0.2, 0.25) is 0 Å². The van der Waals surface area contributed by atoms with Gasteiger partial charge in [0.05, 0.1) is 27.1 Å². The summed E-state index contributed by atoms with van der Waals surface area (Å²) in [5.41, 5.74) is 11.6. The normalized spacial score (nSPS) is 11.1. The summed E-state index contributed by atoms with van der Waals surface area (Å²) in [7, 11) is 1.89. The third-order valence-electron chi connectivity index (χ3n) is 3.09. The zero-order valence-corrected chi connectivity index (χ0v) is 11.7. The molecule has 0 saturated carbocycles. The van der Waals surface area contributed by atoms with Gasteiger partial charge >= 0.3 is 0 Å². The van der Waals surface area contributed by atoms with Crippen LogP contribution in [0, 0.1) is 0 Å². The largest absolute Gasteiger partial charge is 0.394 e. The summed E-state index contributed by atoms with van der Waals surface area (Å²) in [4.78, 5) is 4.27. The van der Waals surface area contributed by atoms with E-state index in [0.717, 1.165) is 39.5 Å². The van der Waals surface area contributed by atoms with Crippen LogP contribution in [0.4, 0.5) is 17.2 Å². The molecule has 3 aromatic rings. The Balaban J connectivity index is 1.98. The number of hydrogen-bond donors (Lipinski definition) is 2. The summed E-state index contributed by atoms with van der Waals surface area (Å²) in [5.74, 6) is 0.834. The van der Waals surface area contributed by atoms with Crippen LogP contribution in [0.5, 0.6) is 0 Å². The van der Waals surface area contributed by atoms with Crippen LogP contribution >= 0.6 is 11.3 Å². The van der Waals surface area contributed by atoms with Gasteiger partial charge in [0.1, 0.15) is 0 Å². The number of nitrogens with one attached hydrogen (secondary N) is 1. The predicted molar refractivity (Wildman–Crippen MR) is 79.9 cm³/mol. The maximum atomic E-state index is 6.10. The Bertz CT molecular complexity index is 728. The quantitative estimate of drug-likeness (QED) is 0.770. The van der Waals surface area contributed by atoms with Crippen LogP contribution in [0.1, 0.15) is 12.6 Å². The summed E-state index contributed by atoms with van der Waals surface area (Å²) in [6.45, 7) is 2.05. The molecule has 0 aliphatic rings. The minimum atomic E-state index is 0.717. The molecular formula is C13H15N5S. The molecule has 3 rings (SSSR count). The van der Waals surface area contributed by atoms with Crippen LogP contribution in [0.25, 0.3) is 10.2 Å². The molecule has 3 N–H and O–H groups in total. The first-order chi connectivity index (χ1) is 9.19. The third-order valence-corrected chi connectivity index (χ3v) is 3.88. The number of rotatable bonds is 3. The van der Waals surface area contributed by atoms with E-state index >= 15 is 0 Å². The van der Waals surface area contributed by atoms with Crippen molar-refractivity contribution in [3.05, 3.63) is 29.4 Å². The molecule has 0 radical (unpaired) electrons. The van der Waals surface area contributed by atoms with Gasteiger partial charge in [-0.3, -0.25) is 4.68 Å². The number of nitrogens with two attached hydrogens (primary N) is 1. The number of aromatic nitrogens is 3. The van der Waals surface area contributed by atoms with E-state index in [0.29, 0.717) is 0 Å². The molecule has 0 fully saturated rings. The lowest BCUT2D eigenvalue weighted by atomic mass is 10.2. The zero-order chi connectivity index (χ0) is 13.4. The van der Waals surface area contributed by atoms with Gasteiger partial charge in [0.2, 0.25) is 0 Å². The fourth-order valence-electron chi connectivity index (χ4n) is 2.07. The topological polar surface area (TPSA) is 68.8 Å². The summed E-state index contributed by atoms with van der Waals surface area (Å²) in [6, 6.07) is 6.08. The van der Waals surface area contributed by atoms with Gasteiger partial charge < -0.3 is 11.1 Å². The minimum Gasteiger partial charge on any atom is -0.394 e. The highest BCUT2D eigenvalue weighted by Gasteiger charge is 2.12. The Kier molecular flexibility index (Phi) is 2.87. The number of benzene rings is 1. The monoisotopic (exact) mass is 273 g/mol. The average molecular weight is 273 g/mol. The van der Waals surface area contributed by atoms with Gasteiger partial charge in [0.15, 0.2) is 5.82 Å². The molecule has 98 valence electrons. The van der Waals surface area contributed by atoms with E-state index < -0.39 is 0 Å². The summed E-state index contributed by atoms with van der Waals surface area (Å²) in [5, 5.41) is 7.73. The van der Waals surface area contributed by atoms with Crippen molar-refractivity contribution in [3.63, 3.8) is 0 Å². The smallest absolute Gasteiger partial charge is 0.152 e. The second-order valence-electron chi connectivity index (χ2n) is 4.35. The van der Waals surface area contributed by atoms with Crippen molar-refractivity contribution in [1.82, 2.24) is 14.8 Å². The summed E-state index contributed by atoms with van der Waals surface area (Å²) < 4.78 is 2.94. The second kappa shape index (κ2) is 4.55. The fraction of sp³-hybridized carbons (Fsp3) is 0.231. The molecule has 0 amide bonds. The van der Waals surface area contributed by atoms with E-state index in [-0.39, 0.29) is 0 Å². The second-order valence-corrected chi connectivity index (χ2v) is 5.23. The maximum absolute atomic E-state index is 6.10. The van der Waals surface area contributed by atoms with E-state index in [1.165, 1.54) is 0 Å². The molecule has 2 heterocycles. The van der Waals surface area contributed by atoms with Crippen molar-refractivity contribution < 1.29 is 0 Å². The predicted octanol–water partition coefficient (Wildman–Crippen LogP) is 2.92. The highest BCUT2D eigenvalue weighted by molar-refractivity contribution is 7.16. The first-order valence-corrected chi connectivity index (χ1v) is 6.98. The number of aryl methyl sites for hydroxylation is 2. The molecule has 0 unspecified atom stereocenters. The summed E-state index contributed by atoms with van der Waals surface area (Å²) >= 11 is 1.63. The van der Waals surface area contributed by atoms with Gasteiger partial charge in [-0.05, 0) is 24.6 Å². The van der Waals surface area contributed by atoms with Gasteiger partial charge in [0, 0.05) is 12.7 Å². The number of anilines is 3. The molecule has 19 heavy (non-hydrogen) atoms. The molecule has 0 spiro atoms. The molecular weight excluding hydrogens is 258 g/mol. The molecule has 0 aliphatic carbocycles. The Labute approximate surface area is 115 Å². The Hall–Kier alpha value is -2.08. The lowest BCUT2D eigenvalue weighted by Crippen LogP contribution is -2.01. The molecule has 0 aliphatic heterocycles. The standard InChI is InChI=1S/C13H15N5S/c1-3-9-12(14)13(18(2)17-9)16-8-4-5-10-11(6-8)19-7-15-10/h4-7,16H,3,14H2,1-2H3. The van der Waals surface area contributed by atoms with Crippen molar-refractivity contribution in [2.45, 2.75) is 13.3 Å². The van der Waals surface area contributed by atoms with Crippen LogP contribution in [-0.2, 0) is 13.5 Å². The van der Waals surface area contributed by atoms with E-state index in [1.807, 2.05) is 31.6 Å². The van der Waals surface area contributed by atoms with E-state index in [2.05, 4.69) is 21.5 Å². The van der Waals surface area contributed by atoms with Crippen molar-refractivity contribution in [1.29, 1.82) is 0 Å². The molecule has 0 saturated heterocycles. The van der Waals surface area contributed by atoms with Gasteiger partial charge in [-0.25, -0.2) is 4.98 Å². The molecule has 6 heteroatoms. The van der Waals surface area contributed by atoms with Crippen LogP contribution in [-0.4, -0.2) is 14.8 Å². The number of nitrogen functional groups attached to an aromatic ring is 1. The first kappa shape index (κ1) is 12.0. The lowest BCUT2D eigenvalue weighted by Gasteiger charge is -2.07. The number of hydrogen-bond acceptors (Lipinski definition) is 5.